The summed E-state index contributed by atoms with van der Waals surface area (Å²) in [4.78, 5) is 36.3. The molecule has 2 N–H and O–H groups in total. The molecule has 1 aliphatic heterocycles. The highest BCUT2D eigenvalue weighted by Gasteiger charge is 2.24. The van der Waals surface area contributed by atoms with Crippen LogP contribution in [0.1, 0.15) is 61.1 Å². The Morgan fingerprint density at radius 3 is 2.61 bits per heavy atom. The summed E-state index contributed by atoms with van der Waals surface area (Å²) >= 11 is 6.14. The van der Waals surface area contributed by atoms with Gasteiger partial charge in [-0.1, -0.05) is 11.6 Å². The molecule has 1 aliphatic rings. The van der Waals surface area contributed by atoms with Crippen molar-refractivity contribution < 1.29 is 14.3 Å². The quantitative estimate of drug-likeness (QED) is 0.443. The van der Waals surface area contributed by atoms with Crippen LogP contribution in [0.5, 0.6) is 0 Å². The predicted molar refractivity (Wildman–Crippen MR) is 148 cm³/mol. The number of carbonyl (C=O) groups excluding carboxylic acids is 2. The number of imidazole rings is 1. The molecule has 4 rings (SSSR count). The average molecular weight is 539 g/mol. The minimum atomic E-state index is -0.537. The van der Waals surface area contributed by atoms with Crippen LogP contribution in [-0.2, 0) is 11.3 Å². The van der Waals surface area contributed by atoms with Gasteiger partial charge in [0.15, 0.2) is 0 Å². The van der Waals surface area contributed by atoms with Crippen LogP contribution in [0, 0.1) is 13.8 Å². The van der Waals surface area contributed by atoms with Gasteiger partial charge in [0.05, 0.1) is 12.0 Å². The molecule has 2 aromatic heterocycles. The van der Waals surface area contributed by atoms with Gasteiger partial charge < -0.3 is 19.9 Å². The van der Waals surface area contributed by atoms with E-state index in [1.165, 1.54) is 0 Å². The van der Waals surface area contributed by atoms with Gasteiger partial charge in [-0.25, -0.2) is 14.8 Å². The smallest absolute Gasteiger partial charge is 0.407 e. The summed E-state index contributed by atoms with van der Waals surface area (Å²) in [7, 11) is 0. The SMILES string of the molecule is Cc1cn(-c2cc(CN3CCC[C@H](NC(=O)OC(C)(C)C)C3)cc(NC(=O)c3cc(Cl)cc(C)n3)c2)cn1. The molecule has 38 heavy (non-hydrogen) atoms. The van der Waals surface area contributed by atoms with E-state index < -0.39 is 11.7 Å². The van der Waals surface area contributed by atoms with E-state index in [1.807, 2.05) is 50.6 Å². The molecular formula is C28H35ClN6O3. The van der Waals surface area contributed by atoms with Crippen LogP contribution in [0.3, 0.4) is 0 Å². The Labute approximate surface area is 228 Å². The number of anilines is 1. The number of ether oxygens (including phenoxy) is 1. The van der Waals surface area contributed by atoms with Crippen molar-refractivity contribution in [2.75, 3.05) is 18.4 Å². The second-order valence-electron chi connectivity index (χ2n) is 10.8. The molecule has 0 radical (unpaired) electrons. The number of benzene rings is 1. The number of aromatic nitrogens is 3. The third kappa shape index (κ3) is 7.79. The van der Waals surface area contributed by atoms with Crippen molar-refractivity contribution in [1.29, 1.82) is 0 Å². The van der Waals surface area contributed by atoms with Crippen molar-refractivity contribution in [3.05, 3.63) is 70.5 Å². The maximum Gasteiger partial charge on any atom is 0.407 e. The molecule has 1 aromatic carbocycles. The topological polar surface area (TPSA) is 101 Å². The standard InChI is InChI=1S/C28H35ClN6O3/c1-18-9-21(29)12-25(31-18)26(36)32-23-10-20(11-24(13-23)35-14-19(2)30-17-35)15-34-8-6-7-22(16-34)33-27(37)38-28(3,4)5/h9-14,17,22H,6-8,15-16H2,1-5H3,(H,32,36)(H,33,37)/t22-/m0/s1. The maximum absolute atomic E-state index is 13.0. The molecule has 0 aliphatic carbocycles. The fraction of sp³-hybridized carbons (Fsp3) is 0.429. The van der Waals surface area contributed by atoms with Gasteiger partial charge in [-0.2, -0.15) is 0 Å². The molecule has 2 amide bonds. The lowest BCUT2D eigenvalue weighted by Crippen LogP contribution is -2.48. The minimum Gasteiger partial charge on any atom is -0.444 e. The number of hydrogen-bond donors (Lipinski definition) is 2. The highest BCUT2D eigenvalue weighted by molar-refractivity contribution is 6.31. The van der Waals surface area contributed by atoms with Crippen LogP contribution in [0.2, 0.25) is 5.02 Å². The Balaban J connectivity index is 1.53. The molecule has 10 heteroatoms. The number of aryl methyl sites for hydroxylation is 2. The van der Waals surface area contributed by atoms with Gasteiger partial charge in [-0.3, -0.25) is 9.69 Å². The Morgan fingerprint density at radius 2 is 1.92 bits per heavy atom. The van der Waals surface area contributed by atoms with E-state index >= 15 is 0 Å². The molecule has 1 atom stereocenters. The molecular weight excluding hydrogens is 504 g/mol. The van der Waals surface area contributed by atoms with Crippen molar-refractivity contribution in [3.63, 3.8) is 0 Å². The van der Waals surface area contributed by atoms with Crippen LogP contribution in [-0.4, -0.2) is 56.2 Å². The van der Waals surface area contributed by atoms with Crippen molar-refractivity contribution in [2.24, 2.45) is 0 Å². The van der Waals surface area contributed by atoms with Crippen LogP contribution in [0.25, 0.3) is 5.69 Å². The van der Waals surface area contributed by atoms with Crippen LogP contribution in [0.15, 0.2) is 42.9 Å². The van der Waals surface area contributed by atoms with Gasteiger partial charge >= 0.3 is 6.09 Å². The normalized spacial score (nSPS) is 16.2. The average Bonchev–Trinajstić information content (AvgIpc) is 3.23. The molecule has 202 valence electrons. The lowest BCUT2D eigenvalue weighted by molar-refractivity contribution is 0.0470. The second-order valence-corrected chi connectivity index (χ2v) is 11.2. The van der Waals surface area contributed by atoms with E-state index in [-0.39, 0.29) is 17.6 Å². The van der Waals surface area contributed by atoms with Crippen LogP contribution < -0.4 is 10.6 Å². The van der Waals surface area contributed by atoms with Crippen molar-refractivity contribution in [3.8, 4) is 5.69 Å². The number of hydrogen-bond acceptors (Lipinski definition) is 6. The molecule has 0 bridgehead atoms. The monoisotopic (exact) mass is 538 g/mol. The summed E-state index contributed by atoms with van der Waals surface area (Å²) in [5.41, 5.74) is 3.84. The number of rotatable bonds is 6. The second kappa shape index (κ2) is 11.5. The first-order valence-electron chi connectivity index (χ1n) is 12.8. The van der Waals surface area contributed by atoms with E-state index in [9.17, 15) is 9.59 Å². The van der Waals surface area contributed by atoms with Gasteiger partial charge in [0.25, 0.3) is 5.91 Å². The number of pyridine rings is 1. The lowest BCUT2D eigenvalue weighted by atomic mass is 10.0. The Hall–Kier alpha value is -3.43. The zero-order valence-corrected chi connectivity index (χ0v) is 23.3. The largest absolute Gasteiger partial charge is 0.444 e. The number of nitrogens with one attached hydrogen (secondary N) is 2. The van der Waals surface area contributed by atoms with Crippen molar-refractivity contribution >= 4 is 29.3 Å². The maximum atomic E-state index is 13.0. The third-order valence-electron chi connectivity index (χ3n) is 6.03. The summed E-state index contributed by atoms with van der Waals surface area (Å²) in [6.07, 6.45) is 5.16. The molecule has 9 nitrogen and oxygen atoms in total. The predicted octanol–water partition coefficient (Wildman–Crippen LogP) is 5.28. The summed E-state index contributed by atoms with van der Waals surface area (Å²) in [6.45, 7) is 11.6. The number of amides is 2. The molecule has 1 fully saturated rings. The molecule has 3 heterocycles. The highest BCUT2D eigenvalue weighted by atomic mass is 35.5. The molecule has 3 aromatic rings. The van der Waals surface area contributed by atoms with E-state index in [2.05, 4.69) is 31.6 Å². The van der Waals surface area contributed by atoms with E-state index in [4.69, 9.17) is 16.3 Å². The fourth-order valence-electron chi connectivity index (χ4n) is 4.54. The highest BCUT2D eigenvalue weighted by Crippen LogP contribution is 2.23. The Morgan fingerprint density at radius 1 is 1.13 bits per heavy atom. The Bertz CT molecular complexity index is 1300. The van der Waals surface area contributed by atoms with Gasteiger partial charge in [0.1, 0.15) is 11.3 Å². The first-order valence-corrected chi connectivity index (χ1v) is 13.1. The number of halogens is 1. The molecule has 0 spiro atoms. The van der Waals surface area contributed by atoms with E-state index in [0.29, 0.717) is 29.5 Å². The summed E-state index contributed by atoms with van der Waals surface area (Å²) in [5, 5.41) is 6.45. The molecule has 0 saturated carbocycles. The summed E-state index contributed by atoms with van der Waals surface area (Å²) < 4.78 is 7.36. The summed E-state index contributed by atoms with van der Waals surface area (Å²) in [6, 6.07) is 9.23. The number of nitrogens with zero attached hydrogens (tertiary/aromatic N) is 4. The van der Waals surface area contributed by atoms with Gasteiger partial charge in [0.2, 0.25) is 0 Å². The Kier molecular flexibility index (Phi) is 8.38. The third-order valence-corrected chi connectivity index (χ3v) is 6.25. The minimum absolute atomic E-state index is 0.00870. The molecule has 1 saturated heterocycles. The van der Waals surface area contributed by atoms with Crippen LogP contribution >= 0.6 is 11.6 Å². The van der Waals surface area contributed by atoms with E-state index in [1.54, 1.807) is 25.4 Å². The summed E-state index contributed by atoms with van der Waals surface area (Å²) in [5.74, 6) is -0.333. The zero-order valence-electron chi connectivity index (χ0n) is 22.5. The first kappa shape index (κ1) is 27.6. The van der Waals surface area contributed by atoms with Crippen LogP contribution in [0.4, 0.5) is 10.5 Å². The van der Waals surface area contributed by atoms with Crippen molar-refractivity contribution in [2.45, 2.75) is 65.6 Å². The number of likely N-dealkylation sites (tertiary alicyclic amines) is 1. The van der Waals surface area contributed by atoms with Gasteiger partial charge in [-0.05, 0) is 89.9 Å². The number of piperidine rings is 1. The van der Waals surface area contributed by atoms with E-state index in [0.717, 1.165) is 36.3 Å². The van der Waals surface area contributed by atoms with Crippen molar-refractivity contribution in [1.82, 2.24) is 24.8 Å². The number of alkyl carbamates (subject to hydrolysis) is 1. The number of carbonyl (C=O) groups is 2. The fourth-order valence-corrected chi connectivity index (χ4v) is 4.80. The lowest BCUT2D eigenvalue weighted by Gasteiger charge is -2.33. The van der Waals surface area contributed by atoms with Gasteiger partial charge in [0, 0.05) is 47.4 Å². The first-order chi connectivity index (χ1) is 17.9. The van der Waals surface area contributed by atoms with Gasteiger partial charge in [-0.15, -0.1) is 0 Å². The zero-order chi connectivity index (χ0) is 27.4. The molecule has 0 unspecified atom stereocenters.